The zero-order valence-corrected chi connectivity index (χ0v) is 14.7. The van der Waals surface area contributed by atoms with Gasteiger partial charge in [0.25, 0.3) is 5.91 Å². The molecule has 10 heteroatoms. The molecule has 0 saturated heterocycles. The third kappa shape index (κ3) is 5.23. The molecule has 1 amide bonds. The molecule has 1 N–H and O–H groups in total. The molecule has 0 atom stereocenters. The van der Waals surface area contributed by atoms with E-state index in [1.807, 2.05) is 19.2 Å². The first-order valence-corrected chi connectivity index (χ1v) is 8.41. The second kappa shape index (κ2) is 7.70. The smallest absolute Gasteiger partial charge is 0.406 e. The Kier molecular flexibility index (Phi) is 5.36. The summed E-state index contributed by atoms with van der Waals surface area (Å²) < 4.78 is 42.0. The van der Waals surface area contributed by atoms with Crippen molar-refractivity contribution in [3.05, 3.63) is 60.4 Å². The van der Waals surface area contributed by atoms with Crippen LogP contribution in [0.25, 0.3) is 0 Å². The average molecular weight is 394 g/mol. The Balaban J connectivity index is 1.61. The van der Waals surface area contributed by atoms with Gasteiger partial charge in [0.2, 0.25) is 0 Å². The zero-order valence-electron chi connectivity index (χ0n) is 13.9. The Labute approximate surface area is 156 Å². The van der Waals surface area contributed by atoms with Crippen LogP contribution >= 0.6 is 11.8 Å². The summed E-state index contributed by atoms with van der Waals surface area (Å²) in [6.07, 6.45) is -3.17. The number of alkyl halides is 3. The standard InChI is InChI=1S/C17H13F3N4O2S/c1-24-10-21-23-16(24)27-14-8-4-12(5-9-14)22-15(25)11-2-6-13(7-3-11)26-17(18,19)20/h2-10H,1H3,(H,22,25). The number of nitrogens with zero attached hydrogens (tertiary/aromatic N) is 3. The minimum Gasteiger partial charge on any atom is -0.406 e. The molecule has 0 spiro atoms. The van der Waals surface area contributed by atoms with Crippen LogP contribution in [-0.4, -0.2) is 27.0 Å². The van der Waals surface area contributed by atoms with Crippen LogP contribution in [0.1, 0.15) is 10.4 Å². The Morgan fingerprint density at radius 1 is 1.11 bits per heavy atom. The average Bonchev–Trinajstić information content (AvgIpc) is 3.00. The van der Waals surface area contributed by atoms with Gasteiger partial charge in [-0.25, -0.2) is 0 Å². The fourth-order valence-corrected chi connectivity index (χ4v) is 2.85. The van der Waals surface area contributed by atoms with Gasteiger partial charge in [0.05, 0.1) is 0 Å². The van der Waals surface area contributed by atoms with Gasteiger partial charge < -0.3 is 14.6 Å². The molecule has 0 bridgehead atoms. The maximum absolute atomic E-state index is 12.2. The number of aromatic nitrogens is 3. The number of hydrogen-bond donors (Lipinski definition) is 1. The van der Waals surface area contributed by atoms with Gasteiger partial charge >= 0.3 is 6.36 Å². The number of halogens is 3. The first kappa shape index (κ1) is 18.8. The highest BCUT2D eigenvalue weighted by molar-refractivity contribution is 7.99. The van der Waals surface area contributed by atoms with E-state index in [4.69, 9.17) is 0 Å². The number of carbonyl (C=O) groups excluding carboxylic acids is 1. The molecule has 2 aromatic carbocycles. The largest absolute Gasteiger partial charge is 0.573 e. The summed E-state index contributed by atoms with van der Waals surface area (Å²) in [5, 5.41) is 11.2. The molecule has 0 fully saturated rings. The summed E-state index contributed by atoms with van der Waals surface area (Å²) in [6, 6.07) is 11.8. The molecule has 0 aliphatic heterocycles. The fraction of sp³-hybridized carbons (Fsp3) is 0.118. The normalized spacial score (nSPS) is 11.3. The highest BCUT2D eigenvalue weighted by Gasteiger charge is 2.31. The predicted octanol–water partition coefficient (Wildman–Crippen LogP) is 4.12. The minimum absolute atomic E-state index is 0.210. The number of rotatable bonds is 5. The SMILES string of the molecule is Cn1cnnc1Sc1ccc(NC(=O)c2ccc(OC(F)(F)F)cc2)cc1. The zero-order chi connectivity index (χ0) is 19.4. The highest BCUT2D eigenvalue weighted by atomic mass is 32.2. The van der Waals surface area contributed by atoms with Gasteiger partial charge in [-0.2, -0.15) is 0 Å². The van der Waals surface area contributed by atoms with Crippen molar-refractivity contribution in [3.63, 3.8) is 0 Å². The van der Waals surface area contributed by atoms with E-state index >= 15 is 0 Å². The van der Waals surface area contributed by atoms with Crippen molar-refractivity contribution in [2.24, 2.45) is 7.05 Å². The van der Waals surface area contributed by atoms with Gasteiger partial charge in [0.1, 0.15) is 12.1 Å². The van der Waals surface area contributed by atoms with Crippen LogP contribution in [0.15, 0.2) is 64.9 Å². The summed E-state index contributed by atoms with van der Waals surface area (Å²) in [7, 11) is 1.84. The van der Waals surface area contributed by atoms with Gasteiger partial charge in [-0.3, -0.25) is 4.79 Å². The Bertz CT molecular complexity index is 925. The molecule has 3 aromatic rings. The molecule has 6 nitrogen and oxygen atoms in total. The Hall–Kier alpha value is -3.01. The van der Waals surface area contributed by atoms with Crippen molar-refractivity contribution in [1.82, 2.24) is 14.8 Å². The van der Waals surface area contributed by atoms with Crippen molar-refractivity contribution < 1.29 is 22.7 Å². The lowest BCUT2D eigenvalue weighted by atomic mass is 10.2. The summed E-state index contributed by atoms with van der Waals surface area (Å²) in [5.74, 6) is -0.827. The van der Waals surface area contributed by atoms with Crippen LogP contribution < -0.4 is 10.1 Å². The third-order valence-electron chi connectivity index (χ3n) is 3.34. The van der Waals surface area contributed by atoms with Gasteiger partial charge in [-0.05, 0) is 60.3 Å². The van der Waals surface area contributed by atoms with E-state index in [1.165, 1.54) is 23.9 Å². The third-order valence-corrected chi connectivity index (χ3v) is 4.40. The van der Waals surface area contributed by atoms with Gasteiger partial charge in [-0.15, -0.1) is 23.4 Å². The van der Waals surface area contributed by atoms with E-state index < -0.39 is 12.3 Å². The summed E-state index contributed by atoms with van der Waals surface area (Å²) in [5.41, 5.74) is 0.764. The number of carbonyl (C=O) groups is 1. The highest BCUT2D eigenvalue weighted by Crippen LogP contribution is 2.27. The van der Waals surface area contributed by atoms with Crippen LogP contribution in [0, 0.1) is 0 Å². The second-order valence-corrected chi connectivity index (χ2v) is 6.42. The minimum atomic E-state index is -4.77. The van der Waals surface area contributed by atoms with Crippen LogP contribution in [0.2, 0.25) is 0 Å². The van der Waals surface area contributed by atoms with E-state index in [-0.39, 0.29) is 11.3 Å². The van der Waals surface area contributed by atoms with Crippen molar-refractivity contribution in [1.29, 1.82) is 0 Å². The lowest BCUT2D eigenvalue weighted by molar-refractivity contribution is -0.274. The first-order chi connectivity index (χ1) is 12.8. The van der Waals surface area contributed by atoms with E-state index in [2.05, 4.69) is 20.3 Å². The quantitative estimate of drug-likeness (QED) is 0.705. The molecule has 27 heavy (non-hydrogen) atoms. The van der Waals surface area contributed by atoms with E-state index in [0.717, 1.165) is 22.2 Å². The van der Waals surface area contributed by atoms with E-state index in [9.17, 15) is 18.0 Å². The molecule has 0 unspecified atom stereocenters. The lowest BCUT2D eigenvalue weighted by Gasteiger charge is -2.10. The molecule has 0 aliphatic rings. The number of aryl methyl sites for hydroxylation is 1. The van der Waals surface area contributed by atoms with Crippen molar-refractivity contribution in [3.8, 4) is 5.75 Å². The number of anilines is 1. The summed E-state index contributed by atoms with van der Waals surface area (Å²) in [6.45, 7) is 0. The molecule has 3 rings (SSSR count). The van der Waals surface area contributed by atoms with Crippen LogP contribution in [0.4, 0.5) is 18.9 Å². The van der Waals surface area contributed by atoms with Crippen molar-refractivity contribution in [2.45, 2.75) is 16.4 Å². The van der Waals surface area contributed by atoms with Gasteiger partial charge in [0.15, 0.2) is 5.16 Å². The number of nitrogens with one attached hydrogen (secondary N) is 1. The molecule has 1 heterocycles. The topological polar surface area (TPSA) is 69.0 Å². The Morgan fingerprint density at radius 3 is 2.33 bits per heavy atom. The molecule has 140 valence electrons. The van der Waals surface area contributed by atoms with Crippen molar-refractivity contribution in [2.75, 3.05) is 5.32 Å². The first-order valence-electron chi connectivity index (χ1n) is 7.59. The summed E-state index contributed by atoms with van der Waals surface area (Å²) >= 11 is 1.42. The van der Waals surface area contributed by atoms with Gasteiger partial charge in [-0.1, -0.05) is 0 Å². The fourth-order valence-electron chi connectivity index (χ4n) is 2.09. The number of ether oxygens (including phenoxy) is 1. The lowest BCUT2D eigenvalue weighted by Crippen LogP contribution is -2.17. The molecule has 0 radical (unpaired) electrons. The maximum atomic E-state index is 12.2. The number of hydrogen-bond acceptors (Lipinski definition) is 5. The molecule has 0 aliphatic carbocycles. The summed E-state index contributed by atoms with van der Waals surface area (Å²) in [4.78, 5) is 13.1. The molecular weight excluding hydrogens is 381 g/mol. The Morgan fingerprint density at radius 2 is 1.78 bits per heavy atom. The van der Waals surface area contributed by atoms with E-state index in [0.29, 0.717) is 5.69 Å². The van der Waals surface area contributed by atoms with Crippen LogP contribution in [0.5, 0.6) is 5.75 Å². The van der Waals surface area contributed by atoms with Gasteiger partial charge in [0, 0.05) is 23.2 Å². The number of benzene rings is 2. The molecular formula is C17H13F3N4O2S. The van der Waals surface area contributed by atoms with E-state index in [1.54, 1.807) is 23.0 Å². The van der Waals surface area contributed by atoms with Crippen LogP contribution in [0.3, 0.4) is 0 Å². The number of amides is 1. The van der Waals surface area contributed by atoms with Crippen LogP contribution in [-0.2, 0) is 7.05 Å². The van der Waals surface area contributed by atoms with Crippen molar-refractivity contribution >= 4 is 23.4 Å². The molecule has 1 aromatic heterocycles. The predicted molar refractivity (Wildman–Crippen MR) is 92.6 cm³/mol. The monoisotopic (exact) mass is 394 g/mol. The molecule has 0 saturated carbocycles. The second-order valence-electron chi connectivity index (χ2n) is 5.38. The maximum Gasteiger partial charge on any atom is 0.573 e.